The van der Waals surface area contributed by atoms with Crippen LogP contribution in [0.4, 0.5) is 0 Å². The molecule has 2 rings (SSSR count). The highest BCUT2D eigenvalue weighted by atomic mass is 16.4. The van der Waals surface area contributed by atoms with Gasteiger partial charge in [-0.05, 0) is 0 Å². The van der Waals surface area contributed by atoms with Gasteiger partial charge >= 0.3 is 5.97 Å². The van der Waals surface area contributed by atoms with Gasteiger partial charge in [0.1, 0.15) is 12.2 Å². The third-order valence-electron chi connectivity index (χ3n) is 2.53. The van der Waals surface area contributed by atoms with E-state index in [2.05, 4.69) is 0 Å². The Balaban J connectivity index is 2.48. The number of amides is 1. The molecule has 0 aliphatic heterocycles. The van der Waals surface area contributed by atoms with Gasteiger partial charge in [0.05, 0.1) is 11.8 Å². The van der Waals surface area contributed by atoms with Gasteiger partial charge in [0, 0.05) is 26.2 Å². The molecule has 0 saturated heterocycles. The number of carboxylic acids is 1. The van der Waals surface area contributed by atoms with Crippen molar-refractivity contribution in [2.24, 2.45) is 0 Å². The summed E-state index contributed by atoms with van der Waals surface area (Å²) in [5.41, 5.74) is 1.13. The van der Waals surface area contributed by atoms with E-state index in [-0.39, 0.29) is 18.1 Å². The largest absolute Gasteiger partial charge is 0.477 e. The second-order valence-corrected chi connectivity index (χ2v) is 3.88. The third-order valence-corrected chi connectivity index (χ3v) is 2.53. The molecule has 0 aromatic carbocycles. The standard InChI is InChI=1S/C11H12N2O4/c1-12(2)10(14)6-13-7-3-4-17-9(7)5-8(13)11(15)16/h3-5H,6H2,1-2H3,(H,15,16). The molecule has 6 heteroatoms. The maximum absolute atomic E-state index is 11.6. The Kier molecular flexibility index (Phi) is 2.63. The van der Waals surface area contributed by atoms with Crippen molar-refractivity contribution in [2.75, 3.05) is 14.1 Å². The van der Waals surface area contributed by atoms with Crippen LogP contribution in [0.25, 0.3) is 11.1 Å². The summed E-state index contributed by atoms with van der Waals surface area (Å²) < 4.78 is 6.56. The van der Waals surface area contributed by atoms with E-state index in [9.17, 15) is 9.59 Å². The number of fused-ring (bicyclic) bond motifs is 1. The number of aromatic carboxylic acids is 1. The molecule has 0 fully saturated rings. The van der Waals surface area contributed by atoms with Gasteiger partial charge in [0.2, 0.25) is 5.91 Å². The number of hydrogen-bond acceptors (Lipinski definition) is 3. The fourth-order valence-electron chi connectivity index (χ4n) is 1.60. The molecule has 0 radical (unpaired) electrons. The summed E-state index contributed by atoms with van der Waals surface area (Å²) in [4.78, 5) is 24.1. The zero-order chi connectivity index (χ0) is 12.6. The number of carbonyl (C=O) groups is 2. The summed E-state index contributed by atoms with van der Waals surface area (Å²) in [7, 11) is 3.25. The zero-order valence-electron chi connectivity index (χ0n) is 9.51. The van der Waals surface area contributed by atoms with Crippen molar-refractivity contribution >= 4 is 23.0 Å². The van der Waals surface area contributed by atoms with E-state index in [0.717, 1.165) is 0 Å². The summed E-state index contributed by atoms with van der Waals surface area (Å²) >= 11 is 0. The summed E-state index contributed by atoms with van der Waals surface area (Å²) in [6.45, 7) is -0.0162. The van der Waals surface area contributed by atoms with Crippen LogP contribution in [-0.4, -0.2) is 40.5 Å². The second-order valence-electron chi connectivity index (χ2n) is 3.88. The number of likely N-dealkylation sites (N-methyl/N-ethyl adjacent to an activating group) is 1. The molecule has 17 heavy (non-hydrogen) atoms. The van der Waals surface area contributed by atoms with E-state index in [1.807, 2.05) is 0 Å². The Morgan fingerprint density at radius 1 is 1.47 bits per heavy atom. The van der Waals surface area contributed by atoms with E-state index in [0.29, 0.717) is 11.1 Å². The van der Waals surface area contributed by atoms with E-state index in [1.54, 1.807) is 20.2 Å². The molecule has 0 saturated carbocycles. The second kappa shape index (κ2) is 3.97. The number of carbonyl (C=O) groups excluding carboxylic acids is 1. The lowest BCUT2D eigenvalue weighted by atomic mass is 10.4. The minimum Gasteiger partial charge on any atom is -0.477 e. The molecular formula is C11H12N2O4. The molecular weight excluding hydrogens is 224 g/mol. The van der Waals surface area contributed by atoms with E-state index >= 15 is 0 Å². The number of carboxylic acid groups (broad SMARTS) is 1. The monoisotopic (exact) mass is 236 g/mol. The van der Waals surface area contributed by atoms with Crippen molar-refractivity contribution in [3.05, 3.63) is 24.1 Å². The van der Waals surface area contributed by atoms with Crippen LogP contribution in [0, 0.1) is 0 Å². The molecule has 0 unspecified atom stereocenters. The van der Waals surface area contributed by atoms with Crippen LogP contribution >= 0.6 is 0 Å². The third kappa shape index (κ3) is 1.89. The number of rotatable bonds is 3. The first kappa shape index (κ1) is 11.3. The summed E-state index contributed by atoms with van der Waals surface area (Å²) in [6.07, 6.45) is 1.47. The summed E-state index contributed by atoms with van der Waals surface area (Å²) in [5.74, 6) is -1.26. The normalized spacial score (nSPS) is 10.7. The number of hydrogen-bond donors (Lipinski definition) is 1. The zero-order valence-corrected chi connectivity index (χ0v) is 9.51. The molecule has 6 nitrogen and oxygen atoms in total. The number of aromatic nitrogens is 1. The molecule has 0 aliphatic carbocycles. The Labute approximate surface area is 97.0 Å². The molecule has 1 amide bonds. The average molecular weight is 236 g/mol. The van der Waals surface area contributed by atoms with Gasteiger partial charge in [-0.1, -0.05) is 0 Å². The molecule has 2 aromatic rings. The Hall–Kier alpha value is -2.24. The Bertz CT molecular complexity index is 579. The van der Waals surface area contributed by atoms with Crippen molar-refractivity contribution in [3.63, 3.8) is 0 Å². The molecule has 0 bridgehead atoms. The lowest BCUT2D eigenvalue weighted by Gasteiger charge is -2.12. The van der Waals surface area contributed by atoms with Crippen molar-refractivity contribution in [2.45, 2.75) is 6.54 Å². The summed E-state index contributed by atoms with van der Waals surface area (Å²) in [6, 6.07) is 3.06. The van der Waals surface area contributed by atoms with Gasteiger partial charge in [-0.15, -0.1) is 0 Å². The average Bonchev–Trinajstić information content (AvgIpc) is 2.79. The maximum atomic E-state index is 11.6. The van der Waals surface area contributed by atoms with Gasteiger partial charge in [0.25, 0.3) is 0 Å². The Morgan fingerprint density at radius 2 is 2.18 bits per heavy atom. The van der Waals surface area contributed by atoms with Crippen LogP contribution in [0.5, 0.6) is 0 Å². The quantitative estimate of drug-likeness (QED) is 0.863. The Morgan fingerprint density at radius 3 is 2.76 bits per heavy atom. The molecule has 0 atom stereocenters. The van der Waals surface area contributed by atoms with Crippen LogP contribution in [0.15, 0.2) is 22.8 Å². The first-order valence-corrected chi connectivity index (χ1v) is 5.01. The van der Waals surface area contributed by atoms with Gasteiger partial charge < -0.3 is 19.0 Å². The topological polar surface area (TPSA) is 75.7 Å². The van der Waals surface area contributed by atoms with Crippen molar-refractivity contribution in [1.29, 1.82) is 0 Å². The molecule has 0 aliphatic rings. The van der Waals surface area contributed by atoms with E-state index < -0.39 is 5.97 Å². The van der Waals surface area contributed by atoms with Crippen LogP contribution in [0.3, 0.4) is 0 Å². The first-order chi connectivity index (χ1) is 8.00. The fourth-order valence-corrected chi connectivity index (χ4v) is 1.60. The van der Waals surface area contributed by atoms with Crippen molar-refractivity contribution < 1.29 is 19.1 Å². The molecule has 90 valence electrons. The predicted molar refractivity (Wildman–Crippen MR) is 59.9 cm³/mol. The molecule has 2 heterocycles. The minimum atomic E-state index is -1.08. The molecule has 0 spiro atoms. The molecule has 2 aromatic heterocycles. The predicted octanol–water partition coefficient (Wildman–Crippen LogP) is 1.02. The SMILES string of the molecule is CN(C)C(=O)Cn1c(C(=O)O)cc2occc21. The van der Waals surface area contributed by atoms with Gasteiger partial charge in [-0.25, -0.2) is 4.79 Å². The van der Waals surface area contributed by atoms with Crippen LogP contribution in [0.1, 0.15) is 10.5 Å². The highest BCUT2D eigenvalue weighted by molar-refractivity contribution is 5.94. The lowest BCUT2D eigenvalue weighted by Crippen LogP contribution is -2.27. The van der Waals surface area contributed by atoms with E-state index in [1.165, 1.54) is 21.8 Å². The highest BCUT2D eigenvalue weighted by Crippen LogP contribution is 2.21. The lowest BCUT2D eigenvalue weighted by molar-refractivity contribution is -0.129. The van der Waals surface area contributed by atoms with E-state index in [4.69, 9.17) is 9.52 Å². The summed E-state index contributed by atoms with van der Waals surface area (Å²) in [5, 5.41) is 9.05. The number of furan rings is 1. The van der Waals surface area contributed by atoms with Crippen LogP contribution in [0.2, 0.25) is 0 Å². The van der Waals surface area contributed by atoms with Crippen LogP contribution in [-0.2, 0) is 11.3 Å². The van der Waals surface area contributed by atoms with Crippen molar-refractivity contribution in [3.8, 4) is 0 Å². The van der Waals surface area contributed by atoms with Gasteiger partial charge in [-0.2, -0.15) is 0 Å². The van der Waals surface area contributed by atoms with Crippen molar-refractivity contribution in [1.82, 2.24) is 9.47 Å². The first-order valence-electron chi connectivity index (χ1n) is 5.01. The van der Waals surface area contributed by atoms with Gasteiger partial charge in [0.15, 0.2) is 5.58 Å². The molecule has 1 N–H and O–H groups in total. The minimum absolute atomic E-state index is 0.0162. The maximum Gasteiger partial charge on any atom is 0.352 e. The number of nitrogens with zero attached hydrogens (tertiary/aromatic N) is 2. The smallest absolute Gasteiger partial charge is 0.352 e. The fraction of sp³-hybridized carbons (Fsp3) is 0.273. The van der Waals surface area contributed by atoms with Crippen LogP contribution < -0.4 is 0 Å². The van der Waals surface area contributed by atoms with Gasteiger partial charge in [-0.3, -0.25) is 4.79 Å². The highest BCUT2D eigenvalue weighted by Gasteiger charge is 2.18.